The molecule has 1 fully saturated rings. The number of rotatable bonds is 7. The van der Waals surface area contributed by atoms with Crippen molar-refractivity contribution in [3.63, 3.8) is 0 Å². The number of guanidine groups is 1. The van der Waals surface area contributed by atoms with Gasteiger partial charge in [-0.25, -0.2) is 0 Å². The molecule has 0 radical (unpaired) electrons. The van der Waals surface area contributed by atoms with Gasteiger partial charge in [0.05, 0.1) is 0 Å². The van der Waals surface area contributed by atoms with Crippen LogP contribution in [0.5, 0.6) is 0 Å². The summed E-state index contributed by atoms with van der Waals surface area (Å²) in [7, 11) is 3.43. The maximum Gasteiger partial charge on any atom is 0.251 e. The fourth-order valence-electron chi connectivity index (χ4n) is 3.51. The highest BCUT2D eigenvalue weighted by molar-refractivity contribution is 14.0. The van der Waals surface area contributed by atoms with E-state index in [-0.39, 0.29) is 29.9 Å². The molecule has 1 heterocycles. The lowest BCUT2D eigenvalue weighted by molar-refractivity contribution is 0.0963. The molecule has 3 N–H and O–H groups in total. The van der Waals surface area contributed by atoms with Crippen LogP contribution in [0.15, 0.2) is 29.3 Å². The zero-order valence-corrected chi connectivity index (χ0v) is 19.1. The smallest absolute Gasteiger partial charge is 0.251 e. The van der Waals surface area contributed by atoms with Crippen LogP contribution >= 0.6 is 24.0 Å². The van der Waals surface area contributed by atoms with Gasteiger partial charge in [-0.15, -0.1) is 24.0 Å². The fourth-order valence-corrected chi connectivity index (χ4v) is 3.51. The number of carbonyl (C=O) groups is 1. The molecule has 7 heteroatoms. The van der Waals surface area contributed by atoms with Crippen LogP contribution in [-0.4, -0.2) is 56.5 Å². The number of hydrogen-bond donors (Lipinski definition) is 3. The molecule has 152 valence electrons. The summed E-state index contributed by atoms with van der Waals surface area (Å²) < 4.78 is 0. The third-order valence-corrected chi connectivity index (χ3v) is 5.01. The molecule has 0 aliphatic carbocycles. The van der Waals surface area contributed by atoms with E-state index in [0.717, 1.165) is 30.7 Å². The third-order valence-electron chi connectivity index (χ3n) is 5.01. The predicted octanol–water partition coefficient (Wildman–Crippen LogP) is 2.59. The third kappa shape index (κ3) is 7.65. The van der Waals surface area contributed by atoms with E-state index in [1.165, 1.54) is 32.2 Å². The molecule has 1 unspecified atom stereocenters. The summed E-state index contributed by atoms with van der Waals surface area (Å²) in [6, 6.07) is 8.36. The van der Waals surface area contributed by atoms with Gasteiger partial charge in [-0.1, -0.05) is 25.5 Å². The first-order valence-corrected chi connectivity index (χ1v) is 9.67. The molecule has 1 atom stereocenters. The van der Waals surface area contributed by atoms with Crippen LogP contribution in [0.2, 0.25) is 0 Å². The minimum atomic E-state index is -0.0682. The second kappa shape index (κ2) is 12.9. The molecule has 1 amide bonds. The van der Waals surface area contributed by atoms with Crippen molar-refractivity contribution >= 4 is 35.8 Å². The lowest BCUT2D eigenvalue weighted by Crippen LogP contribution is -2.45. The maximum absolute atomic E-state index is 11.7. The standard InChI is InChI=1S/C20H33N5O.HI/c1-4-18-10-5-6-12-25(18)13-11-23-20(22-3)24-15-16-8-7-9-17(14-16)19(26)21-2;/h7-9,14,18H,4-6,10-13,15H2,1-3H3,(H,21,26)(H2,22,23,24);1H. The van der Waals surface area contributed by atoms with Crippen molar-refractivity contribution < 1.29 is 4.79 Å². The number of aliphatic imine (C=N–C) groups is 1. The number of likely N-dealkylation sites (tertiary alicyclic amines) is 1. The van der Waals surface area contributed by atoms with Crippen LogP contribution in [0.3, 0.4) is 0 Å². The van der Waals surface area contributed by atoms with Gasteiger partial charge in [-0.05, 0) is 43.5 Å². The van der Waals surface area contributed by atoms with Crippen LogP contribution in [-0.2, 0) is 6.54 Å². The van der Waals surface area contributed by atoms with Gasteiger partial charge in [0, 0.05) is 45.3 Å². The van der Waals surface area contributed by atoms with Gasteiger partial charge in [-0.3, -0.25) is 14.7 Å². The first-order chi connectivity index (χ1) is 12.7. The van der Waals surface area contributed by atoms with Crippen molar-refractivity contribution in [2.45, 2.75) is 45.2 Å². The Bertz CT molecular complexity index is 608. The van der Waals surface area contributed by atoms with Gasteiger partial charge in [0.2, 0.25) is 0 Å². The molecule has 0 bridgehead atoms. The summed E-state index contributed by atoms with van der Waals surface area (Å²) in [6.07, 6.45) is 5.23. The molecular weight excluding hydrogens is 453 g/mol. The summed E-state index contributed by atoms with van der Waals surface area (Å²) in [5.74, 6) is 0.724. The number of piperidine rings is 1. The molecule has 0 aromatic heterocycles. The quantitative estimate of drug-likeness (QED) is 0.314. The highest BCUT2D eigenvalue weighted by Crippen LogP contribution is 2.18. The number of amides is 1. The SMILES string of the molecule is CCC1CCCCN1CCNC(=NC)NCc1cccc(C(=O)NC)c1.I. The molecular formula is C20H34IN5O. The topological polar surface area (TPSA) is 68.8 Å². The largest absolute Gasteiger partial charge is 0.355 e. The summed E-state index contributed by atoms with van der Waals surface area (Å²) >= 11 is 0. The van der Waals surface area contributed by atoms with Crippen LogP contribution in [0.25, 0.3) is 0 Å². The number of benzene rings is 1. The van der Waals surface area contributed by atoms with E-state index >= 15 is 0 Å². The normalized spacial score (nSPS) is 17.7. The Hall–Kier alpha value is -1.35. The molecule has 0 saturated carbocycles. The molecule has 0 spiro atoms. The molecule has 1 aromatic carbocycles. The molecule has 6 nitrogen and oxygen atoms in total. The molecule has 27 heavy (non-hydrogen) atoms. The Morgan fingerprint density at radius 2 is 2.11 bits per heavy atom. The highest BCUT2D eigenvalue weighted by atomic mass is 127. The Labute approximate surface area is 180 Å². The average Bonchev–Trinajstić information content (AvgIpc) is 2.70. The first-order valence-electron chi connectivity index (χ1n) is 9.67. The minimum Gasteiger partial charge on any atom is -0.355 e. The van der Waals surface area contributed by atoms with E-state index in [0.29, 0.717) is 12.1 Å². The van der Waals surface area contributed by atoms with Gasteiger partial charge in [0.15, 0.2) is 5.96 Å². The van der Waals surface area contributed by atoms with Gasteiger partial charge < -0.3 is 16.0 Å². The van der Waals surface area contributed by atoms with Gasteiger partial charge in [0.1, 0.15) is 0 Å². The zero-order valence-electron chi connectivity index (χ0n) is 16.8. The highest BCUT2D eigenvalue weighted by Gasteiger charge is 2.19. The Balaban J connectivity index is 0.00000364. The van der Waals surface area contributed by atoms with E-state index in [9.17, 15) is 4.79 Å². The maximum atomic E-state index is 11.7. The van der Waals surface area contributed by atoms with Crippen molar-refractivity contribution in [1.82, 2.24) is 20.9 Å². The second-order valence-corrected chi connectivity index (χ2v) is 6.73. The van der Waals surface area contributed by atoms with Gasteiger partial charge in [-0.2, -0.15) is 0 Å². The van der Waals surface area contributed by atoms with Crippen molar-refractivity contribution in [1.29, 1.82) is 0 Å². The second-order valence-electron chi connectivity index (χ2n) is 6.73. The molecule has 1 aromatic rings. The number of hydrogen-bond acceptors (Lipinski definition) is 3. The predicted molar refractivity (Wildman–Crippen MR) is 123 cm³/mol. The van der Waals surface area contributed by atoms with Gasteiger partial charge >= 0.3 is 0 Å². The van der Waals surface area contributed by atoms with Crippen LogP contribution in [0, 0.1) is 0 Å². The van der Waals surface area contributed by atoms with E-state index in [2.05, 4.69) is 32.8 Å². The summed E-state index contributed by atoms with van der Waals surface area (Å²) in [5, 5.41) is 9.37. The Morgan fingerprint density at radius 1 is 1.30 bits per heavy atom. The molecule has 1 saturated heterocycles. The number of nitrogens with one attached hydrogen (secondary N) is 3. The van der Waals surface area contributed by atoms with Crippen LogP contribution < -0.4 is 16.0 Å². The lowest BCUT2D eigenvalue weighted by Gasteiger charge is -2.35. The molecule has 2 rings (SSSR count). The van der Waals surface area contributed by atoms with E-state index in [1.807, 2.05) is 24.3 Å². The minimum absolute atomic E-state index is 0. The Kier molecular flexibility index (Phi) is 11.3. The van der Waals surface area contributed by atoms with Crippen molar-refractivity contribution in [3.05, 3.63) is 35.4 Å². The van der Waals surface area contributed by atoms with Crippen LogP contribution in [0.4, 0.5) is 0 Å². The summed E-state index contributed by atoms with van der Waals surface area (Å²) in [6.45, 7) is 6.05. The molecule has 1 aliphatic heterocycles. The zero-order chi connectivity index (χ0) is 18.8. The fraction of sp³-hybridized carbons (Fsp3) is 0.600. The van der Waals surface area contributed by atoms with Crippen LogP contribution in [0.1, 0.15) is 48.5 Å². The first kappa shape index (κ1) is 23.7. The van der Waals surface area contributed by atoms with Gasteiger partial charge in [0.25, 0.3) is 5.91 Å². The van der Waals surface area contributed by atoms with E-state index in [1.54, 1.807) is 14.1 Å². The van der Waals surface area contributed by atoms with E-state index < -0.39 is 0 Å². The molecule has 1 aliphatic rings. The number of halogens is 1. The van der Waals surface area contributed by atoms with Crippen molar-refractivity contribution in [3.8, 4) is 0 Å². The average molecular weight is 487 g/mol. The van der Waals surface area contributed by atoms with E-state index in [4.69, 9.17) is 0 Å². The summed E-state index contributed by atoms with van der Waals surface area (Å²) in [5.41, 5.74) is 1.72. The number of carbonyl (C=O) groups excluding carboxylic acids is 1. The van der Waals surface area contributed by atoms with Crippen molar-refractivity contribution in [2.75, 3.05) is 33.7 Å². The lowest BCUT2D eigenvalue weighted by atomic mass is 10.0. The number of nitrogens with zero attached hydrogens (tertiary/aromatic N) is 2. The van der Waals surface area contributed by atoms with Crippen molar-refractivity contribution in [2.24, 2.45) is 4.99 Å². The summed E-state index contributed by atoms with van der Waals surface area (Å²) in [4.78, 5) is 18.6. The Morgan fingerprint density at radius 3 is 2.81 bits per heavy atom. The monoisotopic (exact) mass is 487 g/mol.